The van der Waals surface area contributed by atoms with Crippen LogP contribution in [0.3, 0.4) is 0 Å². The van der Waals surface area contributed by atoms with Gasteiger partial charge in [0, 0.05) is 6.54 Å². The van der Waals surface area contributed by atoms with Crippen LogP contribution in [0.5, 0.6) is 11.5 Å². The third kappa shape index (κ3) is 4.59. The molecule has 9 heteroatoms. The van der Waals surface area contributed by atoms with Crippen LogP contribution in [0.15, 0.2) is 82.5 Å². The van der Waals surface area contributed by atoms with Crippen LogP contribution in [-0.2, 0) is 10.0 Å². The molecule has 0 fully saturated rings. The van der Waals surface area contributed by atoms with Gasteiger partial charge >= 0.3 is 0 Å². The first kappa shape index (κ1) is 25.4. The average Bonchev–Trinajstić information content (AvgIpc) is 2.91. The van der Waals surface area contributed by atoms with Crippen LogP contribution >= 0.6 is 0 Å². The van der Waals surface area contributed by atoms with Gasteiger partial charge in [-0.1, -0.05) is 26.0 Å². The number of para-hydroxylation sites is 1. The van der Waals surface area contributed by atoms with Gasteiger partial charge in [-0.05, 0) is 67.1 Å². The minimum atomic E-state index is -3.91. The van der Waals surface area contributed by atoms with Crippen molar-refractivity contribution in [1.29, 1.82) is 0 Å². The molecule has 1 atom stereocenters. The van der Waals surface area contributed by atoms with Crippen LogP contribution in [0, 0.1) is 0 Å². The van der Waals surface area contributed by atoms with Crippen LogP contribution in [0.2, 0.25) is 0 Å². The first-order valence-electron chi connectivity index (χ1n) is 11.7. The summed E-state index contributed by atoms with van der Waals surface area (Å²) < 4.78 is 40.9. The summed E-state index contributed by atoms with van der Waals surface area (Å²) in [6.07, 6.45) is 0.407. The second-order valence-corrected chi connectivity index (χ2v) is 10.0. The van der Waals surface area contributed by atoms with Gasteiger partial charge in [-0.2, -0.15) is 4.31 Å². The van der Waals surface area contributed by atoms with Crippen molar-refractivity contribution in [3.8, 4) is 17.2 Å². The average molecular weight is 508 g/mol. The first-order chi connectivity index (χ1) is 17.3. The van der Waals surface area contributed by atoms with Crippen LogP contribution < -0.4 is 15.0 Å². The maximum absolute atomic E-state index is 13.8. The first-order valence-corrected chi connectivity index (χ1v) is 13.1. The van der Waals surface area contributed by atoms with Gasteiger partial charge in [0.15, 0.2) is 0 Å². The van der Waals surface area contributed by atoms with E-state index in [-0.39, 0.29) is 17.0 Å². The predicted molar refractivity (Wildman–Crippen MR) is 139 cm³/mol. The Balaban J connectivity index is 1.94. The second kappa shape index (κ2) is 10.5. The number of benzene rings is 3. The van der Waals surface area contributed by atoms with Crippen molar-refractivity contribution in [2.75, 3.05) is 20.8 Å². The third-order valence-corrected chi connectivity index (χ3v) is 8.14. The Hall–Kier alpha value is -3.69. The number of ether oxygens (including phenoxy) is 2. The molecule has 8 nitrogen and oxygen atoms in total. The zero-order chi connectivity index (χ0) is 25.9. The maximum Gasteiger partial charge on any atom is 0.266 e. The monoisotopic (exact) mass is 507 g/mol. The molecule has 0 N–H and O–H groups in total. The number of methoxy groups -OCH3 is 2. The molecule has 0 amide bonds. The number of hydrogen-bond acceptors (Lipinski definition) is 6. The van der Waals surface area contributed by atoms with E-state index in [2.05, 4.69) is 0 Å². The van der Waals surface area contributed by atoms with E-state index in [1.807, 2.05) is 13.0 Å². The molecule has 188 valence electrons. The summed E-state index contributed by atoms with van der Waals surface area (Å²) in [5.74, 6) is 1.56. The lowest BCUT2D eigenvalue weighted by molar-refractivity contribution is 0.312. The Morgan fingerprint density at radius 2 is 1.47 bits per heavy atom. The summed E-state index contributed by atoms with van der Waals surface area (Å²) in [6.45, 7) is 3.86. The van der Waals surface area contributed by atoms with Gasteiger partial charge in [0.25, 0.3) is 5.56 Å². The van der Waals surface area contributed by atoms with Gasteiger partial charge in [0.05, 0.1) is 41.7 Å². The normalized spacial score (nSPS) is 12.6. The molecular weight excluding hydrogens is 478 g/mol. The van der Waals surface area contributed by atoms with Gasteiger partial charge in [0.2, 0.25) is 10.0 Å². The number of rotatable bonds is 9. The summed E-state index contributed by atoms with van der Waals surface area (Å²) in [5, 5.41) is 0.452. The number of sulfonamides is 1. The van der Waals surface area contributed by atoms with Gasteiger partial charge in [-0.15, -0.1) is 0 Å². The molecule has 0 spiro atoms. The van der Waals surface area contributed by atoms with E-state index in [0.29, 0.717) is 40.3 Å². The lowest BCUT2D eigenvalue weighted by Gasteiger charge is -2.30. The van der Waals surface area contributed by atoms with Crippen molar-refractivity contribution in [3.63, 3.8) is 0 Å². The minimum absolute atomic E-state index is 0.141. The molecule has 1 unspecified atom stereocenters. The van der Waals surface area contributed by atoms with E-state index in [1.165, 1.54) is 28.1 Å². The van der Waals surface area contributed by atoms with Gasteiger partial charge in [0.1, 0.15) is 17.3 Å². The number of hydrogen-bond donors (Lipinski definition) is 0. The third-order valence-electron chi connectivity index (χ3n) is 6.14. The highest BCUT2D eigenvalue weighted by molar-refractivity contribution is 7.89. The van der Waals surface area contributed by atoms with Gasteiger partial charge < -0.3 is 9.47 Å². The zero-order valence-electron chi connectivity index (χ0n) is 20.7. The summed E-state index contributed by atoms with van der Waals surface area (Å²) in [4.78, 5) is 18.7. The highest BCUT2D eigenvalue weighted by Gasteiger charge is 2.33. The fourth-order valence-electron chi connectivity index (χ4n) is 4.31. The lowest BCUT2D eigenvalue weighted by Crippen LogP contribution is -2.38. The Bertz CT molecular complexity index is 1510. The quantitative estimate of drug-likeness (QED) is 0.330. The molecule has 3 aromatic carbocycles. The highest BCUT2D eigenvalue weighted by atomic mass is 32.2. The standard InChI is InChI=1S/C27H29N3O5S/c1-5-25(29(6-2)36(32,33)22-17-15-21(35-4)16-18-22)26-28-24-10-8-7-9-23(24)27(31)30(26)19-11-13-20(34-3)14-12-19/h7-18,25H,5-6H2,1-4H3. The van der Waals surface area contributed by atoms with Crippen LogP contribution in [0.1, 0.15) is 32.1 Å². The Labute approximate surface area is 210 Å². The molecule has 0 saturated carbocycles. The van der Waals surface area contributed by atoms with Gasteiger partial charge in [-0.25, -0.2) is 13.4 Å². The van der Waals surface area contributed by atoms with Crippen molar-refractivity contribution in [2.24, 2.45) is 0 Å². The SMILES string of the molecule is CCC(c1nc2ccccc2c(=O)n1-c1ccc(OC)cc1)N(CC)S(=O)(=O)c1ccc(OC)cc1. The minimum Gasteiger partial charge on any atom is -0.497 e. The van der Waals surface area contributed by atoms with Crippen molar-refractivity contribution in [1.82, 2.24) is 13.9 Å². The highest BCUT2D eigenvalue weighted by Crippen LogP contribution is 2.31. The second-order valence-electron chi connectivity index (χ2n) is 8.13. The predicted octanol–water partition coefficient (Wildman–Crippen LogP) is 4.56. The Morgan fingerprint density at radius 3 is 2.03 bits per heavy atom. The summed E-state index contributed by atoms with van der Waals surface area (Å²) in [7, 11) is -0.812. The molecule has 0 aliphatic carbocycles. The number of fused-ring (bicyclic) bond motifs is 1. The largest absolute Gasteiger partial charge is 0.497 e. The molecule has 0 radical (unpaired) electrons. The van der Waals surface area contributed by atoms with Crippen LogP contribution in [0.4, 0.5) is 0 Å². The summed E-state index contributed by atoms with van der Waals surface area (Å²) in [5.41, 5.74) is 0.820. The van der Waals surface area contributed by atoms with E-state index in [9.17, 15) is 13.2 Å². The Morgan fingerprint density at radius 1 is 0.889 bits per heavy atom. The van der Waals surface area contributed by atoms with Crippen molar-refractivity contribution >= 4 is 20.9 Å². The Kier molecular flexibility index (Phi) is 7.42. The summed E-state index contributed by atoms with van der Waals surface area (Å²) in [6, 6.07) is 19.7. The molecule has 0 saturated heterocycles. The van der Waals surface area contributed by atoms with E-state index in [4.69, 9.17) is 14.5 Å². The fourth-order valence-corrected chi connectivity index (χ4v) is 5.98. The van der Waals surface area contributed by atoms with E-state index < -0.39 is 16.1 Å². The molecule has 0 aliphatic heterocycles. The molecule has 1 heterocycles. The molecule has 1 aromatic heterocycles. The van der Waals surface area contributed by atoms with E-state index >= 15 is 0 Å². The molecule has 0 bridgehead atoms. The van der Waals surface area contributed by atoms with E-state index in [0.717, 1.165) is 0 Å². The number of nitrogens with zero attached hydrogens (tertiary/aromatic N) is 3. The fraction of sp³-hybridized carbons (Fsp3) is 0.259. The molecular formula is C27H29N3O5S. The molecule has 4 rings (SSSR count). The van der Waals surface area contributed by atoms with Crippen molar-refractivity contribution in [3.05, 3.63) is 89.0 Å². The smallest absolute Gasteiger partial charge is 0.266 e. The molecule has 36 heavy (non-hydrogen) atoms. The van der Waals surface area contributed by atoms with Crippen molar-refractivity contribution in [2.45, 2.75) is 31.2 Å². The molecule has 4 aromatic rings. The molecule has 0 aliphatic rings. The topological polar surface area (TPSA) is 90.7 Å². The zero-order valence-corrected chi connectivity index (χ0v) is 21.5. The van der Waals surface area contributed by atoms with E-state index in [1.54, 1.807) is 68.6 Å². The maximum atomic E-state index is 13.8. The lowest BCUT2D eigenvalue weighted by atomic mass is 10.1. The van der Waals surface area contributed by atoms with Crippen molar-refractivity contribution < 1.29 is 17.9 Å². The summed E-state index contributed by atoms with van der Waals surface area (Å²) >= 11 is 0. The van der Waals surface area contributed by atoms with Gasteiger partial charge in [-0.3, -0.25) is 9.36 Å². The number of aromatic nitrogens is 2. The van der Waals surface area contributed by atoms with Crippen LogP contribution in [-0.4, -0.2) is 43.0 Å². The van der Waals surface area contributed by atoms with Crippen LogP contribution in [0.25, 0.3) is 16.6 Å².